The molecule has 0 N–H and O–H groups in total. The number of fused-ring (bicyclic) bond motifs is 1. The van der Waals surface area contributed by atoms with E-state index in [1.165, 1.54) is 24.2 Å². The molecular weight excluding hydrogens is 488 g/mol. The zero-order chi connectivity index (χ0) is 25.6. The zero-order valence-electron chi connectivity index (χ0n) is 20.2. The van der Waals surface area contributed by atoms with Crippen LogP contribution in [0.25, 0.3) is 11.0 Å². The highest BCUT2D eigenvalue weighted by atomic mass is 32.2. The summed E-state index contributed by atoms with van der Waals surface area (Å²) in [5.74, 6) is 0.426. The van der Waals surface area contributed by atoms with Crippen LogP contribution in [0.3, 0.4) is 0 Å². The maximum atomic E-state index is 13.8. The molecule has 0 aromatic carbocycles. The first-order chi connectivity index (χ1) is 16.6. The lowest BCUT2D eigenvalue weighted by Crippen LogP contribution is -2.55. The van der Waals surface area contributed by atoms with E-state index < -0.39 is 25.3 Å². The minimum Gasteiger partial charge on any atom is -0.465 e. The molecule has 0 radical (unpaired) electrons. The minimum atomic E-state index is -4.00. The van der Waals surface area contributed by atoms with Gasteiger partial charge in [0.1, 0.15) is 18.6 Å². The molecule has 3 heterocycles. The molecule has 0 saturated carbocycles. The van der Waals surface area contributed by atoms with E-state index in [1.54, 1.807) is 4.57 Å². The minimum absolute atomic E-state index is 0.158. The number of hydrogen-bond acceptors (Lipinski definition) is 7. The van der Waals surface area contributed by atoms with E-state index in [-0.39, 0.29) is 18.1 Å². The standard InChI is InChI=1S/C23H32F4N4O3S/c1-4-7-8-16(5-2)13-33-19(32)9-10-35-21-28-11-17-20(29-21)18(12-30(17)6-3)31-14-22(24,25)34-23(26,27)15-31/h11-12,16H,4-10,13-15H2,1-3H3. The van der Waals surface area contributed by atoms with Crippen LogP contribution < -0.4 is 4.90 Å². The Bertz CT molecular complexity index is 989. The Labute approximate surface area is 206 Å². The number of esters is 1. The monoisotopic (exact) mass is 520 g/mol. The summed E-state index contributed by atoms with van der Waals surface area (Å²) in [6, 6.07) is 0. The van der Waals surface area contributed by atoms with Gasteiger partial charge in [0, 0.05) is 18.5 Å². The van der Waals surface area contributed by atoms with Crippen molar-refractivity contribution in [3.8, 4) is 0 Å². The third-order valence-corrected chi connectivity index (χ3v) is 6.73. The first kappa shape index (κ1) is 27.5. The van der Waals surface area contributed by atoms with Gasteiger partial charge in [0.2, 0.25) is 0 Å². The molecule has 7 nitrogen and oxygen atoms in total. The van der Waals surface area contributed by atoms with Crippen molar-refractivity contribution in [2.24, 2.45) is 5.92 Å². The lowest BCUT2D eigenvalue weighted by atomic mass is 10.0. The van der Waals surface area contributed by atoms with Crippen molar-refractivity contribution in [2.45, 2.75) is 76.8 Å². The van der Waals surface area contributed by atoms with Crippen molar-refractivity contribution in [1.29, 1.82) is 0 Å². The fourth-order valence-corrected chi connectivity index (χ4v) is 4.69. The molecule has 196 valence electrons. The predicted octanol–water partition coefficient (Wildman–Crippen LogP) is 5.72. The Morgan fingerprint density at radius 3 is 2.57 bits per heavy atom. The van der Waals surface area contributed by atoms with Gasteiger partial charge in [-0.15, -0.1) is 0 Å². The Kier molecular flexibility index (Phi) is 9.25. The SMILES string of the molecule is CCCCC(CC)COC(=O)CCSc1ncc2c(n1)c(N1CC(F)(F)OC(F)(F)C1)cn2CC. The van der Waals surface area contributed by atoms with Gasteiger partial charge in [0.25, 0.3) is 0 Å². The van der Waals surface area contributed by atoms with Gasteiger partial charge in [-0.1, -0.05) is 44.9 Å². The van der Waals surface area contributed by atoms with Gasteiger partial charge < -0.3 is 14.2 Å². The summed E-state index contributed by atoms with van der Waals surface area (Å²) in [6.45, 7) is 4.90. The van der Waals surface area contributed by atoms with Crippen molar-refractivity contribution in [2.75, 3.05) is 30.3 Å². The highest BCUT2D eigenvalue weighted by molar-refractivity contribution is 7.99. The second-order valence-electron chi connectivity index (χ2n) is 8.62. The van der Waals surface area contributed by atoms with Gasteiger partial charge >= 0.3 is 18.2 Å². The number of halogens is 4. The lowest BCUT2D eigenvalue weighted by Gasteiger charge is -2.37. The lowest BCUT2D eigenvalue weighted by molar-refractivity contribution is -0.380. The van der Waals surface area contributed by atoms with Crippen LogP contribution in [0.5, 0.6) is 0 Å². The number of morpholine rings is 1. The van der Waals surface area contributed by atoms with E-state index in [4.69, 9.17) is 4.74 Å². The number of aromatic nitrogens is 3. The number of nitrogens with zero attached hydrogens (tertiary/aromatic N) is 4. The summed E-state index contributed by atoms with van der Waals surface area (Å²) in [6.07, 6.45) is -0.585. The van der Waals surface area contributed by atoms with Crippen LogP contribution in [-0.2, 0) is 20.8 Å². The van der Waals surface area contributed by atoms with Gasteiger partial charge in [-0.3, -0.25) is 9.53 Å². The molecular formula is C23H32F4N4O3S. The van der Waals surface area contributed by atoms with Crippen molar-refractivity contribution in [3.63, 3.8) is 0 Å². The smallest absolute Gasteiger partial charge is 0.377 e. The van der Waals surface area contributed by atoms with Gasteiger partial charge in [-0.05, 0) is 19.3 Å². The number of hydrogen-bond donors (Lipinski definition) is 0. The second kappa shape index (κ2) is 11.8. The van der Waals surface area contributed by atoms with E-state index in [0.717, 1.165) is 30.6 Å². The average molecular weight is 521 g/mol. The summed E-state index contributed by atoms with van der Waals surface area (Å²) < 4.78 is 66.0. The van der Waals surface area contributed by atoms with Gasteiger partial charge in [-0.2, -0.15) is 17.6 Å². The Hall–Kier alpha value is -2.08. The van der Waals surface area contributed by atoms with E-state index in [9.17, 15) is 22.4 Å². The Morgan fingerprint density at radius 1 is 1.23 bits per heavy atom. The molecule has 1 saturated heterocycles. The molecule has 1 fully saturated rings. The van der Waals surface area contributed by atoms with Gasteiger partial charge in [0.05, 0.1) is 30.4 Å². The number of carbonyl (C=O) groups excluding carboxylic acids is 1. The van der Waals surface area contributed by atoms with Gasteiger partial charge in [-0.25, -0.2) is 9.97 Å². The van der Waals surface area contributed by atoms with E-state index in [2.05, 4.69) is 28.6 Å². The highest BCUT2D eigenvalue weighted by Gasteiger charge is 2.52. The van der Waals surface area contributed by atoms with Crippen molar-refractivity contribution < 1.29 is 31.8 Å². The van der Waals surface area contributed by atoms with Crippen LogP contribution in [0.15, 0.2) is 17.6 Å². The molecule has 12 heteroatoms. The fraction of sp³-hybridized carbons (Fsp3) is 0.696. The zero-order valence-corrected chi connectivity index (χ0v) is 21.1. The largest absolute Gasteiger partial charge is 0.465 e. The van der Waals surface area contributed by atoms with Crippen LogP contribution in [0.1, 0.15) is 52.9 Å². The van der Waals surface area contributed by atoms with Crippen LogP contribution in [-0.4, -0.2) is 58.2 Å². The molecule has 35 heavy (non-hydrogen) atoms. The second-order valence-corrected chi connectivity index (χ2v) is 9.68. The molecule has 2 aromatic heterocycles. The fourth-order valence-electron chi connectivity index (χ4n) is 3.96. The number of ether oxygens (including phenoxy) is 2. The quantitative estimate of drug-likeness (QED) is 0.154. The first-order valence-electron chi connectivity index (χ1n) is 11.9. The molecule has 1 aliphatic heterocycles. The summed E-state index contributed by atoms with van der Waals surface area (Å²) >= 11 is 1.22. The Balaban J connectivity index is 1.66. The molecule has 1 atom stereocenters. The summed E-state index contributed by atoms with van der Waals surface area (Å²) in [7, 11) is 0. The van der Waals surface area contributed by atoms with Crippen molar-refractivity contribution in [1.82, 2.24) is 14.5 Å². The van der Waals surface area contributed by atoms with Gasteiger partial charge in [0.15, 0.2) is 5.16 Å². The van der Waals surface area contributed by atoms with E-state index >= 15 is 0 Å². The molecule has 0 amide bonds. The maximum Gasteiger partial charge on any atom is 0.377 e. The average Bonchev–Trinajstić information content (AvgIpc) is 3.15. The van der Waals surface area contributed by atoms with Crippen LogP contribution >= 0.6 is 11.8 Å². The molecule has 2 aromatic rings. The number of aryl methyl sites for hydroxylation is 1. The predicted molar refractivity (Wildman–Crippen MR) is 126 cm³/mol. The highest BCUT2D eigenvalue weighted by Crippen LogP contribution is 2.38. The third-order valence-electron chi connectivity index (χ3n) is 5.87. The maximum absolute atomic E-state index is 13.8. The number of alkyl halides is 4. The first-order valence-corrected chi connectivity index (χ1v) is 12.9. The van der Waals surface area contributed by atoms with E-state index in [0.29, 0.717) is 41.0 Å². The van der Waals surface area contributed by atoms with Crippen LogP contribution in [0.4, 0.5) is 23.2 Å². The molecule has 0 spiro atoms. The number of thioether (sulfide) groups is 1. The molecule has 3 rings (SSSR count). The molecule has 1 aliphatic rings. The molecule has 1 unspecified atom stereocenters. The Morgan fingerprint density at radius 2 is 1.94 bits per heavy atom. The number of unbranched alkanes of at least 4 members (excludes halogenated alkanes) is 1. The third kappa shape index (κ3) is 7.45. The summed E-state index contributed by atoms with van der Waals surface area (Å²) in [5, 5.41) is 0.321. The van der Waals surface area contributed by atoms with Crippen molar-refractivity contribution >= 4 is 34.5 Å². The molecule has 0 bridgehead atoms. The number of carbonyl (C=O) groups is 1. The number of anilines is 1. The topological polar surface area (TPSA) is 69.5 Å². The summed E-state index contributed by atoms with van der Waals surface area (Å²) in [5.41, 5.74) is 0.995. The van der Waals surface area contributed by atoms with Crippen LogP contribution in [0, 0.1) is 5.92 Å². The number of rotatable bonds is 12. The summed E-state index contributed by atoms with van der Waals surface area (Å²) in [4.78, 5) is 21.7. The van der Waals surface area contributed by atoms with E-state index in [1.807, 2.05) is 6.92 Å². The van der Waals surface area contributed by atoms with Crippen molar-refractivity contribution in [3.05, 3.63) is 12.4 Å². The molecule has 0 aliphatic carbocycles. The normalized spacial score (nSPS) is 18.1. The van der Waals surface area contributed by atoms with Crippen LogP contribution in [0.2, 0.25) is 0 Å².